The summed E-state index contributed by atoms with van der Waals surface area (Å²) >= 11 is 0. The molecule has 0 saturated heterocycles. The SMILES string of the molecule is CCN(CC)S(=O)(=O)c1ccc(CNC(=O)NC(C)C(=O)NCc2ccco2)cc1. The summed E-state index contributed by atoms with van der Waals surface area (Å²) in [5.74, 6) is 0.277. The summed E-state index contributed by atoms with van der Waals surface area (Å²) in [7, 11) is -3.51. The van der Waals surface area contributed by atoms with Crippen LogP contribution in [0.2, 0.25) is 0 Å². The number of nitrogens with zero attached hydrogens (tertiary/aromatic N) is 1. The van der Waals surface area contributed by atoms with Crippen LogP contribution in [0.3, 0.4) is 0 Å². The molecule has 0 saturated carbocycles. The average molecular weight is 437 g/mol. The minimum Gasteiger partial charge on any atom is -0.467 e. The molecular weight excluding hydrogens is 408 g/mol. The maximum absolute atomic E-state index is 12.5. The Hall–Kier alpha value is -2.85. The largest absolute Gasteiger partial charge is 0.467 e. The minimum atomic E-state index is -3.51. The highest BCUT2D eigenvalue weighted by Crippen LogP contribution is 2.16. The van der Waals surface area contributed by atoms with Crippen LogP contribution < -0.4 is 16.0 Å². The van der Waals surface area contributed by atoms with E-state index in [0.717, 1.165) is 5.56 Å². The van der Waals surface area contributed by atoms with Gasteiger partial charge >= 0.3 is 6.03 Å². The highest BCUT2D eigenvalue weighted by molar-refractivity contribution is 7.89. The molecule has 30 heavy (non-hydrogen) atoms. The van der Waals surface area contributed by atoms with E-state index in [2.05, 4.69) is 16.0 Å². The van der Waals surface area contributed by atoms with Crippen LogP contribution in [-0.4, -0.2) is 43.8 Å². The lowest BCUT2D eigenvalue weighted by Gasteiger charge is -2.18. The molecule has 9 nitrogen and oxygen atoms in total. The van der Waals surface area contributed by atoms with Crippen molar-refractivity contribution in [2.24, 2.45) is 0 Å². The van der Waals surface area contributed by atoms with Crippen molar-refractivity contribution in [3.8, 4) is 0 Å². The van der Waals surface area contributed by atoms with E-state index in [1.54, 1.807) is 45.0 Å². The molecule has 1 aromatic carbocycles. The fourth-order valence-corrected chi connectivity index (χ4v) is 4.19. The van der Waals surface area contributed by atoms with E-state index in [9.17, 15) is 18.0 Å². The van der Waals surface area contributed by atoms with Crippen molar-refractivity contribution >= 4 is 22.0 Å². The van der Waals surface area contributed by atoms with E-state index in [1.165, 1.54) is 22.7 Å². The summed E-state index contributed by atoms with van der Waals surface area (Å²) in [6.07, 6.45) is 1.52. The second-order valence-corrected chi connectivity index (χ2v) is 8.52. The van der Waals surface area contributed by atoms with E-state index in [0.29, 0.717) is 18.8 Å². The normalized spacial score (nSPS) is 12.4. The first-order chi connectivity index (χ1) is 14.3. The van der Waals surface area contributed by atoms with Crippen LogP contribution in [0, 0.1) is 0 Å². The van der Waals surface area contributed by atoms with Gasteiger partial charge in [0.05, 0.1) is 17.7 Å². The Bertz CT molecular complexity index is 923. The minimum absolute atomic E-state index is 0.193. The molecule has 0 fully saturated rings. The van der Waals surface area contributed by atoms with Gasteiger partial charge in [0.2, 0.25) is 15.9 Å². The van der Waals surface area contributed by atoms with Crippen LogP contribution >= 0.6 is 0 Å². The van der Waals surface area contributed by atoms with Crippen LogP contribution in [0.1, 0.15) is 32.1 Å². The summed E-state index contributed by atoms with van der Waals surface area (Å²) in [4.78, 5) is 24.3. The number of urea groups is 1. The molecule has 1 unspecified atom stereocenters. The summed E-state index contributed by atoms with van der Waals surface area (Å²) in [6, 6.07) is 8.57. The zero-order valence-electron chi connectivity index (χ0n) is 17.3. The van der Waals surface area contributed by atoms with Gasteiger partial charge in [0, 0.05) is 19.6 Å². The van der Waals surface area contributed by atoms with Crippen molar-refractivity contribution in [2.45, 2.75) is 44.8 Å². The molecule has 0 spiro atoms. The third-order valence-corrected chi connectivity index (χ3v) is 6.54. The van der Waals surface area contributed by atoms with Gasteiger partial charge < -0.3 is 20.4 Å². The van der Waals surface area contributed by atoms with Crippen molar-refractivity contribution < 1.29 is 22.4 Å². The predicted molar refractivity (Wildman–Crippen MR) is 112 cm³/mol. The first-order valence-corrected chi connectivity index (χ1v) is 11.2. The highest BCUT2D eigenvalue weighted by atomic mass is 32.2. The summed E-state index contributed by atoms with van der Waals surface area (Å²) in [5, 5.41) is 7.87. The van der Waals surface area contributed by atoms with E-state index in [1.807, 2.05) is 0 Å². The number of hydrogen-bond donors (Lipinski definition) is 3. The summed E-state index contributed by atoms with van der Waals surface area (Å²) in [6.45, 7) is 6.38. The van der Waals surface area contributed by atoms with Crippen molar-refractivity contribution in [3.63, 3.8) is 0 Å². The topological polar surface area (TPSA) is 121 Å². The second kappa shape index (κ2) is 10.8. The third kappa shape index (κ3) is 6.33. The second-order valence-electron chi connectivity index (χ2n) is 6.58. The summed E-state index contributed by atoms with van der Waals surface area (Å²) in [5.41, 5.74) is 0.735. The van der Waals surface area contributed by atoms with Gasteiger partial charge in [-0.3, -0.25) is 4.79 Å². The molecule has 2 aromatic rings. The van der Waals surface area contributed by atoms with Gasteiger partial charge in [0.25, 0.3) is 0 Å². The van der Waals surface area contributed by atoms with Gasteiger partial charge in [0.15, 0.2) is 0 Å². The van der Waals surface area contributed by atoms with Crippen LogP contribution in [0.4, 0.5) is 4.79 Å². The number of carbonyl (C=O) groups is 2. The molecular formula is C20H28N4O5S. The fraction of sp³-hybridized carbons (Fsp3) is 0.400. The first-order valence-electron chi connectivity index (χ1n) is 9.71. The summed E-state index contributed by atoms with van der Waals surface area (Å²) < 4.78 is 31.5. The quantitative estimate of drug-likeness (QED) is 0.525. The van der Waals surface area contributed by atoms with E-state index in [-0.39, 0.29) is 23.9 Å². The number of sulfonamides is 1. The lowest BCUT2D eigenvalue weighted by atomic mass is 10.2. The Labute approximate surface area is 176 Å². The molecule has 3 amide bonds. The van der Waals surface area contributed by atoms with Crippen LogP contribution in [0.25, 0.3) is 0 Å². The molecule has 2 rings (SSSR count). The monoisotopic (exact) mass is 436 g/mol. The highest BCUT2D eigenvalue weighted by Gasteiger charge is 2.21. The number of amides is 3. The van der Waals surface area contributed by atoms with Crippen LogP contribution in [0.5, 0.6) is 0 Å². The molecule has 0 aliphatic rings. The Kier molecular flexibility index (Phi) is 8.43. The first kappa shape index (κ1) is 23.4. The van der Waals surface area contributed by atoms with Crippen molar-refractivity contribution in [3.05, 3.63) is 54.0 Å². The molecule has 0 aliphatic heterocycles. The maximum atomic E-state index is 12.5. The molecule has 0 radical (unpaired) electrons. The number of benzene rings is 1. The Morgan fingerprint density at radius 3 is 2.27 bits per heavy atom. The predicted octanol–water partition coefficient (Wildman–Crippen LogP) is 1.81. The van der Waals surface area contributed by atoms with Crippen LogP contribution in [-0.2, 0) is 27.9 Å². The van der Waals surface area contributed by atoms with Crippen molar-refractivity contribution in [1.29, 1.82) is 0 Å². The number of nitrogens with one attached hydrogen (secondary N) is 3. The Morgan fingerprint density at radius 1 is 1.03 bits per heavy atom. The molecule has 0 aliphatic carbocycles. The molecule has 1 atom stereocenters. The van der Waals surface area contributed by atoms with Gasteiger partial charge in [-0.1, -0.05) is 26.0 Å². The van der Waals surface area contributed by atoms with E-state index >= 15 is 0 Å². The van der Waals surface area contributed by atoms with Gasteiger partial charge in [-0.05, 0) is 36.8 Å². The number of hydrogen-bond acceptors (Lipinski definition) is 5. The smallest absolute Gasteiger partial charge is 0.315 e. The van der Waals surface area contributed by atoms with Gasteiger partial charge in [-0.25, -0.2) is 13.2 Å². The van der Waals surface area contributed by atoms with Crippen molar-refractivity contribution in [2.75, 3.05) is 13.1 Å². The molecule has 0 bridgehead atoms. The zero-order chi connectivity index (χ0) is 22.1. The molecule has 3 N–H and O–H groups in total. The van der Waals surface area contributed by atoms with Crippen molar-refractivity contribution in [1.82, 2.24) is 20.3 Å². The molecule has 164 valence electrons. The zero-order valence-corrected chi connectivity index (χ0v) is 18.2. The number of rotatable bonds is 10. The molecule has 1 aromatic heterocycles. The number of carbonyl (C=O) groups excluding carboxylic acids is 2. The van der Waals surface area contributed by atoms with Gasteiger partial charge in [-0.15, -0.1) is 0 Å². The number of furan rings is 1. The van der Waals surface area contributed by atoms with Gasteiger partial charge in [-0.2, -0.15) is 4.31 Å². The Balaban J connectivity index is 1.82. The van der Waals surface area contributed by atoms with Gasteiger partial charge in [0.1, 0.15) is 11.8 Å². The Morgan fingerprint density at radius 2 is 1.70 bits per heavy atom. The lowest BCUT2D eigenvalue weighted by molar-refractivity contribution is -0.122. The standard InChI is InChI=1S/C20H28N4O5S/c1-4-24(5-2)30(27,28)18-10-8-16(9-11-18)13-22-20(26)23-15(3)19(25)21-14-17-7-6-12-29-17/h6-12,15H,4-5,13-14H2,1-3H3,(H,21,25)(H2,22,23,26). The third-order valence-electron chi connectivity index (χ3n) is 4.48. The average Bonchev–Trinajstić information content (AvgIpc) is 3.25. The molecule has 10 heteroatoms. The maximum Gasteiger partial charge on any atom is 0.315 e. The van der Waals surface area contributed by atoms with E-state index < -0.39 is 22.1 Å². The van der Waals surface area contributed by atoms with Crippen LogP contribution in [0.15, 0.2) is 52.0 Å². The lowest BCUT2D eigenvalue weighted by Crippen LogP contribution is -2.48. The fourth-order valence-electron chi connectivity index (χ4n) is 2.73. The molecule has 1 heterocycles. The van der Waals surface area contributed by atoms with E-state index in [4.69, 9.17) is 4.42 Å².